The van der Waals surface area contributed by atoms with Crippen molar-refractivity contribution in [3.63, 3.8) is 0 Å². The molecule has 0 aliphatic carbocycles. The van der Waals surface area contributed by atoms with Crippen molar-refractivity contribution in [3.05, 3.63) is 53.7 Å². The Balaban J connectivity index is 1.84. The van der Waals surface area contributed by atoms with Gasteiger partial charge in [0, 0.05) is 6.54 Å². The minimum absolute atomic E-state index is 0.244. The van der Waals surface area contributed by atoms with E-state index >= 15 is 0 Å². The second-order valence-electron chi connectivity index (χ2n) is 4.35. The van der Waals surface area contributed by atoms with E-state index in [-0.39, 0.29) is 17.6 Å². The predicted octanol–water partition coefficient (Wildman–Crippen LogP) is 1.67. The van der Waals surface area contributed by atoms with Gasteiger partial charge in [-0.3, -0.25) is 4.79 Å². The van der Waals surface area contributed by atoms with E-state index in [1.165, 1.54) is 11.8 Å². The first-order valence-corrected chi connectivity index (χ1v) is 6.20. The van der Waals surface area contributed by atoms with Gasteiger partial charge < -0.3 is 15.5 Å². The minimum atomic E-state index is -0.314. The molecule has 0 aliphatic rings. The molecule has 5 nitrogen and oxygen atoms in total. The molecule has 19 heavy (non-hydrogen) atoms. The summed E-state index contributed by atoms with van der Waals surface area (Å²) >= 11 is 0. The first-order valence-electron chi connectivity index (χ1n) is 6.20. The highest BCUT2D eigenvalue weighted by Gasteiger charge is 2.13. The van der Waals surface area contributed by atoms with E-state index in [1.807, 2.05) is 30.3 Å². The standard InChI is InChI=1S/C14H17N3O2/c1-10(15)14-17-12(9-19-14)13(18)16-8-7-11-5-3-2-4-6-11/h2-6,9-10H,7-8,15H2,1H3,(H,16,18). The summed E-state index contributed by atoms with van der Waals surface area (Å²) in [6.45, 7) is 2.31. The highest BCUT2D eigenvalue weighted by molar-refractivity contribution is 5.91. The molecule has 1 unspecified atom stereocenters. The molecule has 2 aromatic rings. The summed E-state index contributed by atoms with van der Waals surface area (Å²) in [5.74, 6) is 0.125. The SMILES string of the molecule is CC(N)c1nc(C(=O)NCCc2ccccc2)co1. The molecule has 1 atom stereocenters. The van der Waals surface area contributed by atoms with Gasteiger partial charge in [-0.25, -0.2) is 4.98 Å². The van der Waals surface area contributed by atoms with Gasteiger partial charge in [-0.05, 0) is 18.9 Å². The quantitative estimate of drug-likeness (QED) is 0.855. The molecule has 1 aromatic heterocycles. The van der Waals surface area contributed by atoms with Crippen molar-refractivity contribution in [2.24, 2.45) is 5.73 Å². The number of nitrogens with zero attached hydrogens (tertiary/aromatic N) is 1. The summed E-state index contributed by atoms with van der Waals surface area (Å²) in [5, 5.41) is 2.80. The van der Waals surface area contributed by atoms with E-state index in [0.29, 0.717) is 12.4 Å². The van der Waals surface area contributed by atoms with Gasteiger partial charge in [0.05, 0.1) is 6.04 Å². The average Bonchev–Trinajstić information content (AvgIpc) is 2.89. The second-order valence-corrected chi connectivity index (χ2v) is 4.35. The van der Waals surface area contributed by atoms with Crippen molar-refractivity contribution in [3.8, 4) is 0 Å². The van der Waals surface area contributed by atoms with Crippen molar-refractivity contribution in [1.29, 1.82) is 0 Å². The van der Waals surface area contributed by atoms with Crippen LogP contribution in [-0.4, -0.2) is 17.4 Å². The van der Waals surface area contributed by atoms with Crippen molar-refractivity contribution < 1.29 is 9.21 Å². The Morgan fingerprint density at radius 1 is 1.42 bits per heavy atom. The number of nitrogens with two attached hydrogens (primary N) is 1. The topological polar surface area (TPSA) is 81.1 Å². The third-order valence-corrected chi connectivity index (χ3v) is 2.69. The number of nitrogens with one attached hydrogen (secondary N) is 1. The normalized spacial score (nSPS) is 12.1. The summed E-state index contributed by atoms with van der Waals surface area (Å²) in [4.78, 5) is 15.8. The third kappa shape index (κ3) is 3.66. The van der Waals surface area contributed by atoms with Crippen molar-refractivity contribution in [1.82, 2.24) is 10.3 Å². The predicted molar refractivity (Wildman–Crippen MR) is 71.6 cm³/mol. The molecule has 0 aliphatic heterocycles. The summed E-state index contributed by atoms with van der Waals surface area (Å²) in [7, 11) is 0. The van der Waals surface area contributed by atoms with Crippen LogP contribution in [0.3, 0.4) is 0 Å². The molecule has 0 saturated heterocycles. The lowest BCUT2D eigenvalue weighted by molar-refractivity contribution is 0.0949. The number of aromatic nitrogens is 1. The van der Waals surface area contributed by atoms with Gasteiger partial charge in [-0.1, -0.05) is 30.3 Å². The fourth-order valence-electron chi connectivity index (χ4n) is 1.66. The minimum Gasteiger partial charge on any atom is -0.446 e. The lowest BCUT2D eigenvalue weighted by atomic mass is 10.1. The van der Waals surface area contributed by atoms with E-state index in [0.717, 1.165) is 6.42 Å². The first-order chi connectivity index (χ1) is 9.16. The zero-order valence-corrected chi connectivity index (χ0v) is 10.8. The van der Waals surface area contributed by atoms with Gasteiger partial charge in [0.25, 0.3) is 5.91 Å². The van der Waals surface area contributed by atoms with Gasteiger partial charge in [0.1, 0.15) is 6.26 Å². The Bertz CT molecular complexity index is 535. The Kier molecular flexibility index (Phi) is 4.30. The van der Waals surface area contributed by atoms with Crippen LogP contribution in [0.25, 0.3) is 0 Å². The molecule has 0 radical (unpaired) electrons. The Morgan fingerprint density at radius 2 is 2.16 bits per heavy atom. The van der Waals surface area contributed by atoms with Crippen molar-refractivity contribution >= 4 is 5.91 Å². The van der Waals surface area contributed by atoms with Crippen LogP contribution in [0.1, 0.15) is 34.9 Å². The fourth-order valence-corrected chi connectivity index (χ4v) is 1.66. The zero-order chi connectivity index (χ0) is 13.7. The van der Waals surface area contributed by atoms with Crippen LogP contribution in [0, 0.1) is 0 Å². The average molecular weight is 259 g/mol. The zero-order valence-electron chi connectivity index (χ0n) is 10.8. The van der Waals surface area contributed by atoms with Crippen LogP contribution >= 0.6 is 0 Å². The molecule has 2 rings (SSSR count). The van der Waals surface area contributed by atoms with Crippen molar-refractivity contribution in [2.75, 3.05) is 6.54 Å². The smallest absolute Gasteiger partial charge is 0.273 e. The number of benzene rings is 1. The van der Waals surface area contributed by atoms with E-state index < -0.39 is 0 Å². The summed E-state index contributed by atoms with van der Waals surface area (Å²) in [6.07, 6.45) is 2.11. The molecule has 0 bridgehead atoms. The number of rotatable bonds is 5. The van der Waals surface area contributed by atoms with Crippen LogP contribution < -0.4 is 11.1 Å². The number of oxazole rings is 1. The first kappa shape index (κ1) is 13.3. The number of hydrogen-bond donors (Lipinski definition) is 2. The molecule has 3 N–H and O–H groups in total. The van der Waals surface area contributed by atoms with Gasteiger partial charge in [-0.2, -0.15) is 0 Å². The molecule has 1 aromatic carbocycles. The van der Waals surface area contributed by atoms with E-state index in [2.05, 4.69) is 10.3 Å². The highest BCUT2D eigenvalue weighted by atomic mass is 16.3. The molecule has 0 spiro atoms. The maximum atomic E-state index is 11.8. The van der Waals surface area contributed by atoms with Crippen LogP contribution in [0.15, 0.2) is 41.0 Å². The number of hydrogen-bond acceptors (Lipinski definition) is 4. The van der Waals surface area contributed by atoms with Crippen LogP contribution in [0.5, 0.6) is 0 Å². The molecule has 5 heteroatoms. The Labute approximate surface area is 111 Å². The largest absolute Gasteiger partial charge is 0.446 e. The lowest BCUT2D eigenvalue weighted by Gasteiger charge is -2.03. The Morgan fingerprint density at radius 3 is 2.79 bits per heavy atom. The van der Waals surface area contributed by atoms with Gasteiger partial charge in [0.15, 0.2) is 5.69 Å². The van der Waals surface area contributed by atoms with Gasteiger partial charge in [-0.15, -0.1) is 0 Å². The van der Waals surface area contributed by atoms with E-state index in [9.17, 15) is 4.79 Å². The number of carbonyl (C=O) groups excluding carboxylic acids is 1. The maximum absolute atomic E-state index is 11.8. The lowest BCUT2D eigenvalue weighted by Crippen LogP contribution is -2.26. The monoisotopic (exact) mass is 259 g/mol. The molecule has 1 amide bonds. The highest BCUT2D eigenvalue weighted by Crippen LogP contribution is 2.08. The summed E-state index contributed by atoms with van der Waals surface area (Å²) in [6, 6.07) is 9.65. The molecule has 0 fully saturated rings. The fraction of sp³-hybridized carbons (Fsp3) is 0.286. The Hall–Kier alpha value is -2.14. The van der Waals surface area contributed by atoms with Crippen molar-refractivity contribution in [2.45, 2.75) is 19.4 Å². The molecular weight excluding hydrogens is 242 g/mol. The number of amides is 1. The van der Waals surface area contributed by atoms with E-state index in [1.54, 1.807) is 6.92 Å². The third-order valence-electron chi connectivity index (χ3n) is 2.69. The van der Waals surface area contributed by atoms with Crippen LogP contribution in [0.4, 0.5) is 0 Å². The number of carbonyl (C=O) groups is 1. The van der Waals surface area contributed by atoms with Crippen LogP contribution in [0.2, 0.25) is 0 Å². The molecule has 0 saturated carbocycles. The molecule has 1 heterocycles. The molecular formula is C14H17N3O2. The molecule has 100 valence electrons. The summed E-state index contributed by atoms with van der Waals surface area (Å²) < 4.78 is 5.11. The van der Waals surface area contributed by atoms with Crippen LogP contribution in [-0.2, 0) is 6.42 Å². The second kappa shape index (κ2) is 6.15. The summed E-state index contributed by atoms with van der Waals surface area (Å²) in [5.41, 5.74) is 7.06. The van der Waals surface area contributed by atoms with E-state index in [4.69, 9.17) is 10.2 Å². The van der Waals surface area contributed by atoms with Gasteiger partial charge >= 0.3 is 0 Å². The maximum Gasteiger partial charge on any atom is 0.273 e. The van der Waals surface area contributed by atoms with Gasteiger partial charge in [0.2, 0.25) is 5.89 Å².